The number of rotatable bonds is 4. The number of hydrogen-bond donors (Lipinski definition) is 3. The van der Waals surface area contributed by atoms with E-state index in [0.717, 1.165) is 5.56 Å². The summed E-state index contributed by atoms with van der Waals surface area (Å²) < 4.78 is 0. The fourth-order valence-corrected chi connectivity index (χ4v) is 1.97. The molecule has 106 valence electrons. The van der Waals surface area contributed by atoms with Gasteiger partial charge in [0, 0.05) is 18.3 Å². The highest BCUT2D eigenvalue weighted by Crippen LogP contribution is 2.19. The van der Waals surface area contributed by atoms with Crippen molar-refractivity contribution in [3.8, 4) is 11.4 Å². The topological polar surface area (TPSA) is 104 Å². The van der Waals surface area contributed by atoms with E-state index in [1.807, 2.05) is 30.3 Å². The highest BCUT2D eigenvalue weighted by atomic mass is 16.3. The first-order valence-corrected chi connectivity index (χ1v) is 6.45. The van der Waals surface area contributed by atoms with Crippen molar-refractivity contribution in [3.05, 3.63) is 46.9 Å². The normalized spacial score (nSPS) is 10.7. The van der Waals surface area contributed by atoms with E-state index in [1.165, 1.54) is 6.20 Å². The number of fused-ring (bicyclic) bond motifs is 1. The van der Waals surface area contributed by atoms with Gasteiger partial charge in [-0.3, -0.25) is 4.79 Å². The van der Waals surface area contributed by atoms with E-state index in [4.69, 9.17) is 5.11 Å². The first-order chi connectivity index (χ1) is 10.3. The molecule has 3 rings (SSSR count). The largest absolute Gasteiger partial charge is 0.395 e. The molecule has 0 radical (unpaired) electrons. The van der Waals surface area contributed by atoms with Crippen LogP contribution in [0.15, 0.2) is 41.3 Å². The molecule has 7 heteroatoms. The number of benzene rings is 1. The van der Waals surface area contributed by atoms with Crippen molar-refractivity contribution in [2.45, 2.75) is 0 Å². The van der Waals surface area contributed by atoms with Gasteiger partial charge in [0.05, 0.1) is 12.0 Å². The van der Waals surface area contributed by atoms with Crippen molar-refractivity contribution >= 4 is 16.7 Å². The smallest absolute Gasteiger partial charge is 0.275 e. The number of nitrogens with zero attached hydrogens (tertiary/aromatic N) is 3. The molecule has 0 atom stereocenters. The van der Waals surface area contributed by atoms with Crippen molar-refractivity contribution in [2.75, 3.05) is 18.5 Å². The van der Waals surface area contributed by atoms with Crippen LogP contribution in [0.2, 0.25) is 0 Å². The average Bonchev–Trinajstić information content (AvgIpc) is 2.55. The molecule has 0 bridgehead atoms. The lowest BCUT2D eigenvalue weighted by Crippen LogP contribution is -2.15. The Bertz CT molecular complexity index is 816. The van der Waals surface area contributed by atoms with Crippen LogP contribution in [-0.4, -0.2) is 38.4 Å². The Hall–Kier alpha value is -2.80. The minimum absolute atomic E-state index is 0.0427. The lowest BCUT2D eigenvalue weighted by atomic mass is 10.2. The number of nitrogens with one attached hydrogen (secondary N) is 2. The first kappa shape index (κ1) is 13.2. The van der Waals surface area contributed by atoms with Crippen LogP contribution in [-0.2, 0) is 0 Å². The second-order valence-electron chi connectivity index (χ2n) is 4.37. The second-order valence-corrected chi connectivity index (χ2v) is 4.37. The lowest BCUT2D eigenvalue weighted by molar-refractivity contribution is 0.311. The van der Waals surface area contributed by atoms with E-state index in [2.05, 4.69) is 25.5 Å². The summed E-state index contributed by atoms with van der Waals surface area (Å²) >= 11 is 0. The zero-order chi connectivity index (χ0) is 14.7. The minimum Gasteiger partial charge on any atom is -0.395 e. The number of aliphatic hydroxyl groups is 1. The van der Waals surface area contributed by atoms with E-state index in [9.17, 15) is 4.79 Å². The second kappa shape index (κ2) is 5.68. The van der Waals surface area contributed by atoms with Crippen molar-refractivity contribution in [1.29, 1.82) is 0 Å². The number of anilines is 1. The Labute approximate surface area is 119 Å². The molecular formula is C14H13N5O2. The summed E-state index contributed by atoms with van der Waals surface area (Å²) in [7, 11) is 0. The van der Waals surface area contributed by atoms with Crippen molar-refractivity contribution in [3.63, 3.8) is 0 Å². The van der Waals surface area contributed by atoms with Gasteiger partial charge in [-0.2, -0.15) is 5.10 Å². The van der Waals surface area contributed by atoms with E-state index < -0.39 is 0 Å². The molecule has 21 heavy (non-hydrogen) atoms. The van der Waals surface area contributed by atoms with Crippen LogP contribution in [0, 0.1) is 0 Å². The third-order valence-electron chi connectivity index (χ3n) is 2.96. The average molecular weight is 283 g/mol. The maximum absolute atomic E-state index is 11.8. The minimum atomic E-state index is -0.348. The molecule has 7 nitrogen and oxygen atoms in total. The first-order valence-electron chi connectivity index (χ1n) is 6.45. The fourth-order valence-electron chi connectivity index (χ4n) is 1.97. The number of aliphatic hydroxyl groups excluding tert-OH is 1. The van der Waals surface area contributed by atoms with Crippen molar-refractivity contribution in [1.82, 2.24) is 20.2 Å². The van der Waals surface area contributed by atoms with E-state index in [-0.39, 0.29) is 12.2 Å². The zero-order valence-corrected chi connectivity index (χ0v) is 11.1. The van der Waals surface area contributed by atoms with E-state index in [0.29, 0.717) is 29.1 Å². The summed E-state index contributed by atoms with van der Waals surface area (Å²) in [5.74, 6) is 0.931. The van der Waals surface area contributed by atoms with Crippen LogP contribution in [0.3, 0.4) is 0 Å². The van der Waals surface area contributed by atoms with Gasteiger partial charge in [0.15, 0.2) is 11.6 Å². The molecule has 2 heterocycles. The van der Waals surface area contributed by atoms with Crippen LogP contribution in [0.25, 0.3) is 22.3 Å². The fraction of sp³-hybridized carbons (Fsp3) is 0.143. The van der Waals surface area contributed by atoms with Gasteiger partial charge in [-0.25, -0.2) is 15.1 Å². The summed E-state index contributed by atoms with van der Waals surface area (Å²) in [5.41, 5.74) is 0.938. The third kappa shape index (κ3) is 2.59. The molecule has 0 saturated carbocycles. The Kier molecular flexibility index (Phi) is 3.57. The Morgan fingerprint density at radius 1 is 1.24 bits per heavy atom. The summed E-state index contributed by atoms with van der Waals surface area (Å²) in [6.45, 7) is 0.276. The van der Waals surface area contributed by atoms with Crippen LogP contribution in [0.5, 0.6) is 0 Å². The summed E-state index contributed by atoms with van der Waals surface area (Å²) in [4.78, 5) is 20.4. The Morgan fingerprint density at radius 2 is 2.05 bits per heavy atom. The molecule has 0 amide bonds. The molecule has 1 aromatic carbocycles. The molecule has 0 saturated heterocycles. The van der Waals surface area contributed by atoms with Gasteiger partial charge in [-0.05, 0) is 0 Å². The molecule has 2 aromatic heterocycles. The Morgan fingerprint density at radius 3 is 2.81 bits per heavy atom. The van der Waals surface area contributed by atoms with Gasteiger partial charge in [-0.1, -0.05) is 30.3 Å². The molecular weight excluding hydrogens is 270 g/mol. The van der Waals surface area contributed by atoms with Gasteiger partial charge in [-0.15, -0.1) is 0 Å². The maximum atomic E-state index is 11.8. The molecule has 0 aliphatic rings. The highest BCUT2D eigenvalue weighted by Gasteiger charge is 2.10. The molecule has 0 spiro atoms. The molecule has 3 N–H and O–H groups in total. The van der Waals surface area contributed by atoms with Gasteiger partial charge in [0.1, 0.15) is 5.52 Å². The Balaban J connectivity index is 2.17. The molecule has 0 unspecified atom stereocenters. The number of H-pyrrole nitrogens is 1. The van der Waals surface area contributed by atoms with Crippen LogP contribution in [0.1, 0.15) is 0 Å². The van der Waals surface area contributed by atoms with Crippen LogP contribution in [0.4, 0.5) is 5.82 Å². The molecule has 0 aliphatic carbocycles. The lowest BCUT2D eigenvalue weighted by Gasteiger charge is -2.07. The summed E-state index contributed by atoms with van der Waals surface area (Å²) in [5, 5.41) is 18.5. The molecule has 0 fully saturated rings. The van der Waals surface area contributed by atoms with Crippen LogP contribution >= 0.6 is 0 Å². The quantitative estimate of drug-likeness (QED) is 0.654. The monoisotopic (exact) mass is 283 g/mol. The van der Waals surface area contributed by atoms with Gasteiger partial charge in [0.2, 0.25) is 0 Å². The van der Waals surface area contributed by atoms with Crippen molar-refractivity contribution < 1.29 is 5.11 Å². The predicted molar refractivity (Wildman–Crippen MR) is 79.0 cm³/mol. The summed E-state index contributed by atoms with van der Waals surface area (Å²) in [6, 6.07) is 9.48. The summed E-state index contributed by atoms with van der Waals surface area (Å²) in [6.07, 6.45) is 1.48. The van der Waals surface area contributed by atoms with E-state index in [1.54, 1.807) is 0 Å². The molecule has 0 aliphatic heterocycles. The standard InChI is InChI=1S/C14H13N5O2/c20-7-6-15-13-11-10(14(21)19-18-13)8-16-12(17-11)9-4-2-1-3-5-9/h1-5,8,20H,6-7H2,(H,15,18)(H,19,21). The highest BCUT2D eigenvalue weighted by molar-refractivity contribution is 5.87. The zero-order valence-electron chi connectivity index (χ0n) is 11.1. The van der Waals surface area contributed by atoms with Crippen molar-refractivity contribution in [2.24, 2.45) is 0 Å². The maximum Gasteiger partial charge on any atom is 0.275 e. The number of aromatic nitrogens is 4. The van der Waals surface area contributed by atoms with Crippen LogP contribution < -0.4 is 10.9 Å². The predicted octanol–water partition coefficient (Wildman–Crippen LogP) is 0.784. The number of hydrogen-bond acceptors (Lipinski definition) is 6. The van der Waals surface area contributed by atoms with E-state index >= 15 is 0 Å². The number of aromatic amines is 1. The van der Waals surface area contributed by atoms with Gasteiger partial charge in [0.25, 0.3) is 5.56 Å². The molecule has 3 aromatic rings. The van der Waals surface area contributed by atoms with Gasteiger partial charge < -0.3 is 10.4 Å². The third-order valence-corrected chi connectivity index (χ3v) is 2.96. The van der Waals surface area contributed by atoms with Gasteiger partial charge >= 0.3 is 0 Å². The SMILES string of the molecule is O=c1[nH]nc(NCCO)c2nc(-c3ccccc3)ncc12.